The highest BCUT2D eigenvalue weighted by atomic mass is 32.2. The van der Waals surface area contributed by atoms with Crippen LogP contribution < -0.4 is 0 Å². The summed E-state index contributed by atoms with van der Waals surface area (Å²) >= 11 is 0. The van der Waals surface area contributed by atoms with Gasteiger partial charge in [-0.15, -0.1) is 0 Å². The lowest BCUT2D eigenvalue weighted by molar-refractivity contribution is 0.490. The fourth-order valence-corrected chi connectivity index (χ4v) is 1.06. The third-order valence-electron chi connectivity index (χ3n) is 1.50. The molecular formula is C7H16O3S. The van der Waals surface area contributed by atoms with Gasteiger partial charge in [-0.1, -0.05) is 38.5 Å². The molecule has 1 saturated carbocycles. The Morgan fingerprint density at radius 3 is 1.09 bits per heavy atom. The van der Waals surface area contributed by atoms with Crippen molar-refractivity contribution >= 4 is 10.1 Å². The van der Waals surface area contributed by atoms with E-state index in [2.05, 4.69) is 0 Å². The number of hydrogen-bond acceptors (Lipinski definition) is 2. The highest BCUT2D eigenvalue weighted by Gasteiger charge is 1.95. The minimum absolute atomic E-state index is 0.715. The zero-order valence-corrected chi connectivity index (χ0v) is 7.73. The molecule has 0 heterocycles. The van der Waals surface area contributed by atoms with Gasteiger partial charge >= 0.3 is 0 Å². The highest BCUT2D eigenvalue weighted by Crippen LogP contribution is 2.15. The van der Waals surface area contributed by atoms with Crippen molar-refractivity contribution in [1.29, 1.82) is 0 Å². The van der Waals surface area contributed by atoms with Crippen LogP contribution in [0.15, 0.2) is 0 Å². The molecule has 0 aromatic rings. The molecule has 0 atom stereocenters. The van der Waals surface area contributed by atoms with Crippen molar-refractivity contribution < 1.29 is 13.0 Å². The first-order chi connectivity index (χ1) is 5.00. The first-order valence-electron chi connectivity index (χ1n) is 3.92. The Morgan fingerprint density at radius 2 is 1.00 bits per heavy atom. The zero-order chi connectivity index (χ0) is 8.74. The van der Waals surface area contributed by atoms with Crippen molar-refractivity contribution in [2.75, 3.05) is 6.26 Å². The van der Waals surface area contributed by atoms with E-state index in [0.717, 1.165) is 0 Å². The molecule has 0 radical (unpaired) electrons. The molecule has 1 aliphatic rings. The predicted octanol–water partition coefficient (Wildman–Crippen LogP) is 1.84. The summed E-state index contributed by atoms with van der Waals surface area (Å²) < 4.78 is 25.9. The summed E-state index contributed by atoms with van der Waals surface area (Å²) in [6.45, 7) is 0. The lowest BCUT2D eigenvalue weighted by Crippen LogP contribution is -1.88. The van der Waals surface area contributed by atoms with E-state index in [-0.39, 0.29) is 0 Å². The van der Waals surface area contributed by atoms with E-state index < -0.39 is 10.1 Å². The lowest BCUT2D eigenvalue weighted by Gasteiger charge is -2.05. The molecule has 0 bridgehead atoms. The maximum absolute atomic E-state index is 9.19. The molecule has 0 aromatic carbocycles. The topological polar surface area (TPSA) is 54.4 Å². The van der Waals surface area contributed by atoms with E-state index in [9.17, 15) is 8.42 Å². The second-order valence-electron chi connectivity index (χ2n) is 2.85. The largest absolute Gasteiger partial charge is 0.286 e. The molecule has 0 unspecified atom stereocenters. The third kappa shape index (κ3) is 17.8. The second kappa shape index (κ2) is 5.55. The minimum Gasteiger partial charge on any atom is -0.286 e. The van der Waals surface area contributed by atoms with Crippen LogP contribution >= 0.6 is 0 Å². The maximum atomic E-state index is 9.19. The van der Waals surface area contributed by atoms with E-state index in [1.165, 1.54) is 38.5 Å². The van der Waals surface area contributed by atoms with Crippen LogP contribution in [0.2, 0.25) is 0 Å². The lowest BCUT2D eigenvalue weighted by atomic mass is 10.0. The Hall–Kier alpha value is -0.0900. The molecule has 0 spiro atoms. The van der Waals surface area contributed by atoms with E-state index >= 15 is 0 Å². The van der Waals surface area contributed by atoms with Gasteiger partial charge in [0.05, 0.1) is 6.26 Å². The molecule has 4 heteroatoms. The average molecular weight is 180 g/mol. The molecule has 1 aliphatic carbocycles. The van der Waals surface area contributed by atoms with Crippen molar-refractivity contribution in [3.05, 3.63) is 0 Å². The molecule has 11 heavy (non-hydrogen) atoms. The van der Waals surface area contributed by atoms with Crippen LogP contribution in [0, 0.1) is 0 Å². The van der Waals surface area contributed by atoms with Gasteiger partial charge in [0.25, 0.3) is 10.1 Å². The normalized spacial score (nSPS) is 18.4. The van der Waals surface area contributed by atoms with Crippen molar-refractivity contribution in [2.45, 2.75) is 38.5 Å². The molecule has 1 rings (SSSR count). The molecule has 0 aromatic heterocycles. The second-order valence-corrected chi connectivity index (χ2v) is 4.32. The fourth-order valence-electron chi connectivity index (χ4n) is 1.06. The van der Waals surface area contributed by atoms with E-state index in [4.69, 9.17) is 4.55 Å². The van der Waals surface area contributed by atoms with E-state index in [0.29, 0.717) is 6.26 Å². The van der Waals surface area contributed by atoms with Crippen LogP contribution in [0.5, 0.6) is 0 Å². The Labute approximate surface area is 68.6 Å². The van der Waals surface area contributed by atoms with Crippen LogP contribution in [0.25, 0.3) is 0 Å². The first kappa shape index (κ1) is 10.9. The molecule has 68 valence electrons. The van der Waals surface area contributed by atoms with Crippen molar-refractivity contribution in [1.82, 2.24) is 0 Å². The van der Waals surface area contributed by atoms with Gasteiger partial charge in [-0.25, -0.2) is 0 Å². The highest BCUT2D eigenvalue weighted by molar-refractivity contribution is 7.85. The predicted molar refractivity (Wildman–Crippen MR) is 45.2 cm³/mol. The van der Waals surface area contributed by atoms with Crippen molar-refractivity contribution in [2.24, 2.45) is 0 Å². The Kier molecular flexibility index (Phi) is 5.50. The van der Waals surface area contributed by atoms with Gasteiger partial charge in [0.1, 0.15) is 0 Å². The molecule has 0 saturated heterocycles. The molecule has 3 nitrogen and oxygen atoms in total. The summed E-state index contributed by atoms with van der Waals surface area (Å²) in [6, 6.07) is 0. The number of rotatable bonds is 0. The number of hydrogen-bond donors (Lipinski definition) is 1. The van der Waals surface area contributed by atoms with Gasteiger partial charge in [-0.05, 0) is 0 Å². The fraction of sp³-hybridized carbons (Fsp3) is 1.00. The van der Waals surface area contributed by atoms with Gasteiger partial charge in [0.15, 0.2) is 0 Å². The Bertz CT molecular complexity index is 149. The van der Waals surface area contributed by atoms with Gasteiger partial charge in [0, 0.05) is 0 Å². The monoisotopic (exact) mass is 180 g/mol. The van der Waals surface area contributed by atoms with Gasteiger partial charge < -0.3 is 0 Å². The summed E-state index contributed by atoms with van der Waals surface area (Å²) in [5.41, 5.74) is 0. The summed E-state index contributed by atoms with van der Waals surface area (Å²) in [5, 5.41) is 0. The Morgan fingerprint density at radius 1 is 0.909 bits per heavy atom. The summed E-state index contributed by atoms with van der Waals surface area (Å²) in [7, 11) is -3.67. The van der Waals surface area contributed by atoms with Crippen LogP contribution in [0.4, 0.5) is 0 Å². The van der Waals surface area contributed by atoms with E-state index in [1.807, 2.05) is 0 Å². The van der Waals surface area contributed by atoms with Gasteiger partial charge in [0.2, 0.25) is 0 Å². The molecule has 1 N–H and O–H groups in total. The Balaban J connectivity index is 0.000000187. The molecular weight excluding hydrogens is 164 g/mol. The average Bonchev–Trinajstić information content (AvgIpc) is 1.88. The summed E-state index contributed by atoms with van der Waals surface area (Å²) in [4.78, 5) is 0. The quantitative estimate of drug-likeness (QED) is 0.579. The maximum Gasteiger partial charge on any atom is 0.261 e. The van der Waals surface area contributed by atoms with Gasteiger partial charge in [-0.3, -0.25) is 4.55 Å². The summed E-state index contributed by atoms with van der Waals surface area (Å²) in [5.74, 6) is 0. The smallest absolute Gasteiger partial charge is 0.261 e. The van der Waals surface area contributed by atoms with Crippen LogP contribution in [0.3, 0.4) is 0 Å². The zero-order valence-electron chi connectivity index (χ0n) is 6.91. The van der Waals surface area contributed by atoms with E-state index in [1.54, 1.807) is 0 Å². The van der Waals surface area contributed by atoms with Crippen molar-refractivity contribution in [3.8, 4) is 0 Å². The van der Waals surface area contributed by atoms with Crippen molar-refractivity contribution in [3.63, 3.8) is 0 Å². The molecule has 1 fully saturated rings. The van der Waals surface area contributed by atoms with Crippen LogP contribution in [-0.4, -0.2) is 19.2 Å². The van der Waals surface area contributed by atoms with Gasteiger partial charge in [-0.2, -0.15) is 8.42 Å². The summed E-state index contributed by atoms with van der Waals surface area (Å²) in [6.07, 6.45) is 9.72. The SMILES string of the molecule is C1CCCCC1.CS(=O)(=O)O. The van der Waals surface area contributed by atoms with Crippen LogP contribution in [0.1, 0.15) is 38.5 Å². The third-order valence-corrected chi connectivity index (χ3v) is 1.50. The standard InChI is InChI=1S/C6H12.CH4O3S/c1-2-4-6-5-3-1;1-5(2,3)4/h1-6H2;1H3,(H,2,3,4). The minimum atomic E-state index is -3.67. The van der Waals surface area contributed by atoms with Crippen LogP contribution in [-0.2, 0) is 10.1 Å². The molecule has 0 amide bonds. The molecule has 0 aliphatic heterocycles. The first-order valence-corrected chi connectivity index (χ1v) is 5.77.